The van der Waals surface area contributed by atoms with Crippen molar-refractivity contribution in [2.24, 2.45) is 11.8 Å². The van der Waals surface area contributed by atoms with E-state index >= 15 is 0 Å². The maximum atomic E-state index is 13.1. The normalized spacial score (nSPS) is 28.4. The molecule has 3 heterocycles. The summed E-state index contributed by atoms with van der Waals surface area (Å²) >= 11 is 0. The van der Waals surface area contributed by atoms with Gasteiger partial charge in [-0.25, -0.2) is 0 Å². The van der Waals surface area contributed by atoms with Crippen LogP contribution in [0.1, 0.15) is 43.0 Å². The summed E-state index contributed by atoms with van der Waals surface area (Å²) in [7, 11) is 0. The molecule has 168 valence electrons. The van der Waals surface area contributed by atoms with E-state index in [2.05, 4.69) is 35.0 Å². The Labute approximate surface area is 192 Å². The number of Topliss-reactive ketones (excluding diaryl/α,β-unsaturated/α-hetero) is 1. The minimum absolute atomic E-state index is 0.135. The van der Waals surface area contributed by atoms with Gasteiger partial charge in [0.25, 0.3) is 5.69 Å². The molecule has 0 spiro atoms. The number of allylic oxidation sites excluding steroid dienone is 1. The number of nitro benzene ring substituents is 1. The molecule has 2 aromatic carbocycles. The zero-order chi connectivity index (χ0) is 22.7. The second-order valence-corrected chi connectivity index (χ2v) is 10.1. The number of carbonyl (C=O) groups is 1. The summed E-state index contributed by atoms with van der Waals surface area (Å²) in [6, 6.07) is 15.2. The number of carbonyl (C=O) groups excluding carboxylic acids is 1. The molecule has 6 rings (SSSR count). The molecule has 3 atom stereocenters. The number of rotatable bonds is 2. The van der Waals surface area contributed by atoms with Crippen LogP contribution in [0.4, 0.5) is 5.69 Å². The van der Waals surface area contributed by atoms with Gasteiger partial charge in [0.05, 0.1) is 10.5 Å². The molecule has 33 heavy (non-hydrogen) atoms. The number of hydrogen-bond acceptors (Lipinski definition) is 4. The number of aromatic amines is 1. The highest BCUT2D eigenvalue weighted by atomic mass is 16.6. The first-order chi connectivity index (χ1) is 15.9. The van der Waals surface area contributed by atoms with E-state index < -0.39 is 0 Å². The predicted molar refractivity (Wildman–Crippen MR) is 128 cm³/mol. The number of fused-ring (bicyclic) bond motifs is 6. The average Bonchev–Trinajstić information content (AvgIpc) is 3.18. The molecule has 1 aliphatic carbocycles. The fourth-order valence-electron chi connectivity index (χ4n) is 6.48. The Kier molecular flexibility index (Phi) is 4.56. The lowest BCUT2D eigenvalue weighted by molar-refractivity contribution is -0.384. The zero-order valence-corrected chi connectivity index (χ0v) is 18.7. The molecule has 0 radical (unpaired) electrons. The molecular weight excluding hydrogens is 414 g/mol. The maximum absolute atomic E-state index is 13.1. The number of H-pyrrole nitrogens is 1. The van der Waals surface area contributed by atoms with Gasteiger partial charge in [-0.2, -0.15) is 0 Å². The number of nitrogens with one attached hydrogen (secondary N) is 1. The van der Waals surface area contributed by atoms with Gasteiger partial charge in [0.1, 0.15) is 0 Å². The van der Waals surface area contributed by atoms with Crippen molar-refractivity contribution in [3.8, 4) is 0 Å². The number of nitrogens with zero attached hydrogens (tertiary/aromatic N) is 2. The summed E-state index contributed by atoms with van der Waals surface area (Å²) < 4.78 is 0. The zero-order valence-electron chi connectivity index (χ0n) is 18.7. The highest BCUT2D eigenvalue weighted by molar-refractivity contribution is 6.00. The van der Waals surface area contributed by atoms with Crippen molar-refractivity contribution in [1.29, 1.82) is 0 Å². The lowest BCUT2D eigenvalue weighted by atomic mass is 9.65. The quantitative estimate of drug-likeness (QED) is 0.335. The van der Waals surface area contributed by atoms with Gasteiger partial charge in [0.15, 0.2) is 5.78 Å². The summed E-state index contributed by atoms with van der Waals surface area (Å²) in [6.07, 6.45) is 5.34. The van der Waals surface area contributed by atoms with Crippen LogP contribution in [0.5, 0.6) is 0 Å². The van der Waals surface area contributed by atoms with Gasteiger partial charge >= 0.3 is 0 Å². The van der Waals surface area contributed by atoms with Crippen LogP contribution in [-0.4, -0.2) is 33.7 Å². The molecular formula is C27H27N3O3. The van der Waals surface area contributed by atoms with E-state index in [4.69, 9.17) is 0 Å². The SMILES string of the molecule is C[C@@]12CC3CC(=O)/C(=C/c4ccccc4)CC3CN1CCc1c2[nH]c2ccc([N+](=O)[O-])cc12. The number of non-ortho nitro benzene ring substituents is 1. The van der Waals surface area contributed by atoms with E-state index in [9.17, 15) is 14.9 Å². The standard InChI is InChI=1S/C27H27N3O3/c1-27-15-19-13-25(31)18(11-17-5-3-2-4-6-17)12-20(19)16-29(27)10-9-22-23-14-21(30(32)33)7-8-24(23)28-26(22)27/h2-8,11,14,19-20,28H,9-10,12-13,15-16H2,1H3/b18-11+/t19?,20?,27-/m0/s1. The van der Waals surface area contributed by atoms with Crippen LogP contribution in [0.25, 0.3) is 17.0 Å². The van der Waals surface area contributed by atoms with Crippen LogP contribution in [-0.2, 0) is 16.8 Å². The summed E-state index contributed by atoms with van der Waals surface area (Å²) in [4.78, 5) is 30.2. The number of aromatic nitrogens is 1. The Hall–Kier alpha value is -3.25. The molecule has 3 aromatic rings. The van der Waals surface area contributed by atoms with Crippen molar-refractivity contribution in [2.45, 2.75) is 38.1 Å². The van der Waals surface area contributed by atoms with E-state index in [1.807, 2.05) is 24.3 Å². The third kappa shape index (κ3) is 3.23. The Morgan fingerprint density at radius 2 is 1.97 bits per heavy atom. The fourth-order valence-corrected chi connectivity index (χ4v) is 6.48. The molecule has 6 heteroatoms. The van der Waals surface area contributed by atoms with E-state index in [1.165, 1.54) is 11.3 Å². The third-order valence-corrected chi connectivity index (χ3v) is 8.18. The van der Waals surface area contributed by atoms with Gasteiger partial charge < -0.3 is 4.98 Å². The highest BCUT2D eigenvalue weighted by Gasteiger charge is 2.50. The van der Waals surface area contributed by atoms with Crippen LogP contribution in [0, 0.1) is 22.0 Å². The predicted octanol–water partition coefficient (Wildman–Crippen LogP) is 5.23. The minimum atomic E-state index is -0.324. The van der Waals surface area contributed by atoms with Crippen LogP contribution < -0.4 is 0 Å². The van der Waals surface area contributed by atoms with Gasteiger partial charge in [0.2, 0.25) is 0 Å². The third-order valence-electron chi connectivity index (χ3n) is 8.18. The van der Waals surface area contributed by atoms with Gasteiger partial charge in [-0.15, -0.1) is 0 Å². The van der Waals surface area contributed by atoms with Crippen molar-refractivity contribution in [3.05, 3.63) is 81.0 Å². The molecule has 0 amide bonds. The molecule has 3 aliphatic rings. The average molecular weight is 442 g/mol. The van der Waals surface area contributed by atoms with E-state index in [1.54, 1.807) is 12.1 Å². The van der Waals surface area contributed by atoms with Gasteiger partial charge in [0, 0.05) is 48.2 Å². The summed E-state index contributed by atoms with van der Waals surface area (Å²) in [5.41, 5.74) is 5.36. The van der Waals surface area contributed by atoms with E-state index in [0.717, 1.165) is 54.4 Å². The number of piperidine rings is 1. The molecule has 0 bridgehead atoms. The van der Waals surface area contributed by atoms with Crippen molar-refractivity contribution >= 4 is 28.4 Å². The Morgan fingerprint density at radius 1 is 1.15 bits per heavy atom. The largest absolute Gasteiger partial charge is 0.357 e. The second kappa shape index (κ2) is 7.39. The van der Waals surface area contributed by atoms with Crippen molar-refractivity contribution in [2.75, 3.05) is 13.1 Å². The monoisotopic (exact) mass is 441 g/mol. The van der Waals surface area contributed by atoms with Gasteiger partial charge in [-0.05, 0) is 66.9 Å². The van der Waals surface area contributed by atoms with Crippen LogP contribution >= 0.6 is 0 Å². The molecule has 1 saturated heterocycles. The van der Waals surface area contributed by atoms with Gasteiger partial charge in [-0.3, -0.25) is 19.8 Å². The first-order valence-electron chi connectivity index (χ1n) is 11.8. The lowest BCUT2D eigenvalue weighted by Crippen LogP contribution is -2.57. The number of benzene rings is 2. The smallest absolute Gasteiger partial charge is 0.270 e. The highest BCUT2D eigenvalue weighted by Crippen LogP contribution is 2.50. The molecule has 1 aromatic heterocycles. The summed E-state index contributed by atoms with van der Waals surface area (Å²) in [5, 5.41) is 12.3. The van der Waals surface area contributed by atoms with Crippen molar-refractivity contribution < 1.29 is 9.72 Å². The number of ketones is 1. The van der Waals surface area contributed by atoms with Gasteiger partial charge in [-0.1, -0.05) is 30.3 Å². The molecule has 2 fully saturated rings. The molecule has 2 unspecified atom stereocenters. The number of hydrogen-bond donors (Lipinski definition) is 1. The summed E-state index contributed by atoms with van der Waals surface area (Å²) in [6.45, 7) is 4.20. The number of nitro groups is 1. The molecule has 1 saturated carbocycles. The molecule has 1 N–H and O–H groups in total. The Morgan fingerprint density at radius 3 is 2.76 bits per heavy atom. The topological polar surface area (TPSA) is 79.2 Å². The maximum Gasteiger partial charge on any atom is 0.270 e. The summed E-state index contributed by atoms with van der Waals surface area (Å²) in [5.74, 6) is 1.12. The van der Waals surface area contributed by atoms with Crippen LogP contribution in [0.2, 0.25) is 0 Å². The van der Waals surface area contributed by atoms with Crippen LogP contribution in [0.3, 0.4) is 0 Å². The Bertz CT molecular complexity index is 1310. The first-order valence-corrected chi connectivity index (χ1v) is 11.8. The van der Waals surface area contributed by atoms with Crippen molar-refractivity contribution in [1.82, 2.24) is 9.88 Å². The van der Waals surface area contributed by atoms with Crippen LogP contribution in [0.15, 0.2) is 54.1 Å². The lowest BCUT2D eigenvalue weighted by Gasteiger charge is -2.54. The second-order valence-electron chi connectivity index (χ2n) is 10.1. The minimum Gasteiger partial charge on any atom is -0.357 e. The fraction of sp³-hybridized carbons (Fsp3) is 0.370. The van der Waals surface area contributed by atoms with Crippen molar-refractivity contribution in [3.63, 3.8) is 0 Å². The van der Waals surface area contributed by atoms with E-state index in [0.29, 0.717) is 18.3 Å². The molecule has 6 nitrogen and oxygen atoms in total. The first kappa shape index (κ1) is 20.4. The Balaban J connectivity index is 1.32. The molecule has 2 aliphatic heterocycles. The van der Waals surface area contributed by atoms with E-state index in [-0.39, 0.29) is 21.9 Å².